The molecule has 0 radical (unpaired) electrons. The van der Waals surface area contributed by atoms with Gasteiger partial charge in [-0.3, -0.25) is 14.7 Å². The Bertz CT molecular complexity index is 1220. The molecule has 0 unspecified atom stereocenters. The van der Waals surface area contributed by atoms with E-state index in [2.05, 4.69) is 45.9 Å². The summed E-state index contributed by atoms with van der Waals surface area (Å²) in [4.78, 5) is 25.6. The lowest BCUT2D eigenvalue weighted by Gasteiger charge is -2.07. The molecular weight excluding hydrogens is 481 g/mol. The van der Waals surface area contributed by atoms with Crippen molar-refractivity contribution in [1.29, 1.82) is 0 Å². The summed E-state index contributed by atoms with van der Waals surface area (Å²) in [6, 6.07) is 3.76. The van der Waals surface area contributed by atoms with E-state index in [9.17, 15) is 22.4 Å². The second kappa shape index (κ2) is 8.10. The van der Waals surface area contributed by atoms with Crippen molar-refractivity contribution in [2.75, 3.05) is 18.1 Å². The number of carbonyl (C=O) groups is 1. The zero-order valence-corrected chi connectivity index (χ0v) is 16.7. The lowest BCUT2D eigenvalue weighted by Crippen LogP contribution is -2.43. The lowest BCUT2D eigenvalue weighted by atomic mass is 10.3. The number of rotatable bonds is 7. The molecule has 3 aromatic rings. The Labute approximate surface area is 169 Å². The van der Waals surface area contributed by atoms with E-state index >= 15 is 0 Å². The highest BCUT2D eigenvalue weighted by Crippen LogP contribution is 2.25. The predicted octanol–water partition coefficient (Wildman–Crippen LogP) is -0.231. The Morgan fingerprint density at radius 3 is 2.76 bits per heavy atom. The van der Waals surface area contributed by atoms with Gasteiger partial charge in [0.2, 0.25) is 21.7 Å². The molecule has 2 heterocycles. The number of halogens is 2. The van der Waals surface area contributed by atoms with E-state index in [1.165, 1.54) is 12.1 Å². The molecule has 0 atom stereocenters. The van der Waals surface area contributed by atoms with Crippen molar-refractivity contribution in [2.45, 2.75) is 0 Å². The molecule has 2 aromatic heterocycles. The predicted molar refractivity (Wildman–Crippen MR) is 97.7 cm³/mol. The van der Waals surface area contributed by atoms with Crippen molar-refractivity contribution in [3.05, 3.63) is 39.0 Å². The number of hydrazine groups is 1. The Morgan fingerprint density at radius 2 is 2.07 bits per heavy atom. The molecule has 0 fully saturated rings. The molecule has 0 aliphatic rings. The minimum absolute atomic E-state index is 0.0808. The number of carbonyl (C=O) groups excluding carboxylic acids is 1. The number of hydrogen-bond acceptors (Lipinski definition) is 10. The number of hydrogen-bond donors (Lipinski definition) is 3. The summed E-state index contributed by atoms with van der Waals surface area (Å²) in [5.74, 6) is -2.39. The van der Waals surface area contributed by atoms with E-state index in [1.54, 1.807) is 0 Å². The van der Waals surface area contributed by atoms with Crippen molar-refractivity contribution >= 4 is 37.7 Å². The maximum atomic E-state index is 13.5. The van der Waals surface area contributed by atoms with Crippen molar-refractivity contribution < 1.29 is 26.8 Å². The summed E-state index contributed by atoms with van der Waals surface area (Å²) in [6.45, 7) is -0.423. The van der Waals surface area contributed by atoms with Crippen LogP contribution in [0.3, 0.4) is 0 Å². The van der Waals surface area contributed by atoms with Crippen LogP contribution in [-0.2, 0) is 14.8 Å². The van der Waals surface area contributed by atoms with Crippen molar-refractivity contribution in [1.82, 2.24) is 30.3 Å². The van der Waals surface area contributed by atoms with E-state index in [1.807, 2.05) is 10.3 Å². The number of sulfonamides is 1. The van der Waals surface area contributed by atoms with Gasteiger partial charge in [0.15, 0.2) is 5.69 Å². The third-order valence-electron chi connectivity index (χ3n) is 3.26. The fourth-order valence-electron chi connectivity index (χ4n) is 2.06. The molecule has 1 amide bonds. The zero-order valence-electron chi connectivity index (χ0n) is 14.3. The van der Waals surface area contributed by atoms with Gasteiger partial charge in [-0.05, 0) is 44.4 Å². The highest BCUT2D eigenvalue weighted by Gasteiger charge is 2.23. The van der Waals surface area contributed by atoms with Gasteiger partial charge < -0.3 is 5.32 Å². The van der Waals surface area contributed by atoms with E-state index in [4.69, 9.17) is 0 Å². The van der Waals surface area contributed by atoms with Gasteiger partial charge in [-0.1, -0.05) is 5.16 Å². The molecule has 3 N–H and O–H groups in total. The normalized spacial score (nSPS) is 11.4. The second-order valence-electron chi connectivity index (χ2n) is 5.44. The molecule has 0 aliphatic heterocycles. The standard InChI is InChI=1S/C13H11BrFN7O6S/c1-29(25,26)21-17-9(23)5-16-11-10(18-28-19-11)12-20-27-13(24)22(12)6-2-3-8(15)7(14)4-6/h2-4,21H,5H2,1H3,(H,16,19)(H,17,23). The lowest BCUT2D eigenvalue weighted by molar-refractivity contribution is -0.119. The van der Waals surface area contributed by atoms with Gasteiger partial charge in [-0.25, -0.2) is 26.8 Å². The van der Waals surface area contributed by atoms with Gasteiger partial charge in [0.25, 0.3) is 5.91 Å². The van der Waals surface area contributed by atoms with Gasteiger partial charge in [0.05, 0.1) is 23.0 Å². The monoisotopic (exact) mass is 491 g/mol. The quantitative estimate of drug-likeness (QED) is 0.374. The summed E-state index contributed by atoms with van der Waals surface area (Å²) in [5.41, 5.74) is 2.08. The third-order valence-corrected chi connectivity index (χ3v) is 4.34. The highest BCUT2D eigenvalue weighted by molar-refractivity contribution is 9.10. The number of nitrogens with zero attached hydrogens (tertiary/aromatic N) is 4. The average Bonchev–Trinajstić information content (AvgIpc) is 3.26. The smallest absolute Gasteiger partial charge is 0.356 e. The van der Waals surface area contributed by atoms with Gasteiger partial charge in [0.1, 0.15) is 5.82 Å². The fourth-order valence-corrected chi connectivity index (χ4v) is 2.73. The first-order chi connectivity index (χ1) is 13.7. The topological polar surface area (TPSA) is 174 Å². The van der Waals surface area contributed by atoms with Crippen molar-refractivity contribution in [3.8, 4) is 17.2 Å². The van der Waals surface area contributed by atoms with E-state index < -0.39 is 34.0 Å². The number of anilines is 1. The van der Waals surface area contributed by atoms with Crippen molar-refractivity contribution in [2.24, 2.45) is 0 Å². The second-order valence-corrected chi connectivity index (χ2v) is 8.05. The largest absolute Gasteiger partial charge is 0.446 e. The first-order valence-electron chi connectivity index (χ1n) is 7.52. The highest BCUT2D eigenvalue weighted by atomic mass is 79.9. The Morgan fingerprint density at radius 1 is 1.31 bits per heavy atom. The summed E-state index contributed by atoms with van der Waals surface area (Å²) in [5, 5.41) is 13.4. The fraction of sp³-hybridized carbons (Fsp3) is 0.154. The minimum Gasteiger partial charge on any atom is -0.356 e. The Balaban J connectivity index is 1.85. The molecule has 0 saturated heterocycles. The van der Waals surface area contributed by atoms with E-state index in [0.717, 1.165) is 16.9 Å². The van der Waals surface area contributed by atoms with Crippen LogP contribution in [0.15, 0.2) is 36.6 Å². The molecule has 1 aromatic carbocycles. The van der Waals surface area contributed by atoms with Crippen LogP contribution in [0.4, 0.5) is 10.2 Å². The summed E-state index contributed by atoms with van der Waals surface area (Å²) >= 11 is 3.02. The Hall–Kier alpha value is -3.11. The molecule has 29 heavy (non-hydrogen) atoms. The maximum Gasteiger partial charge on any atom is 0.446 e. The molecular formula is C13H11BrFN7O6S. The number of aromatic nitrogens is 4. The molecule has 0 spiro atoms. The molecule has 0 aliphatic carbocycles. The van der Waals surface area contributed by atoms with Crippen LogP contribution in [0.25, 0.3) is 17.2 Å². The first kappa shape index (κ1) is 20.6. The minimum atomic E-state index is -3.63. The molecule has 13 nitrogen and oxygen atoms in total. The van der Waals surface area contributed by atoms with Crippen LogP contribution in [0, 0.1) is 5.82 Å². The molecule has 154 valence electrons. The summed E-state index contributed by atoms with van der Waals surface area (Å²) < 4.78 is 45.8. The maximum absolute atomic E-state index is 13.5. The van der Waals surface area contributed by atoms with Crippen LogP contribution in [0.1, 0.15) is 0 Å². The van der Waals surface area contributed by atoms with Crippen LogP contribution < -0.4 is 21.3 Å². The van der Waals surface area contributed by atoms with E-state index in [-0.39, 0.29) is 27.5 Å². The SMILES string of the molecule is CS(=O)(=O)NNC(=O)CNc1nonc1-c1noc(=O)n1-c1ccc(F)c(Br)c1. The Kier molecular flexibility index (Phi) is 5.76. The number of nitrogens with one attached hydrogen (secondary N) is 3. The van der Waals surface area contributed by atoms with Gasteiger partial charge >= 0.3 is 5.76 Å². The van der Waals surface area contributed by atoms with Gasteiger partial charge in [0, 0.05) is 0 Å². The first-order valence-corrected chi connectivity index (χ1v) is 10.2. The average molecular weight is 492 g/mol. The molecule has 3 rings (SSSR count). The van der Waals surface area contributed by atoms with E-state index in [0.29, 0.717) is 0 Å². The molecule has 0 saturated carbocycles. The van der Waals surface area contributed by atoms with Crippen LogP contribution in [-0.4, -0.2) is 47.2 Å². The van der Waals surface area contributed by atoms with Gasteiger partial charge in [-0.2, -0.15) is 0 Å². The summed E-state index contributed by atoms with van der Waals surface area (Å²) in [6.07, 6.45) is 0.859. The summed E-state index contributed by atoms with van der Waals surface area (Å²) in [7, 11) is -3.63. The van der Waals surface area contributed by atoms with Gasteiger partial charge in [-0.15, -0.1) is 4.83 Å². The number of benzene rings is 1. The number of amides is 1. The molecule has 16 heteroatoms. The molecule has 0 bridgehead atoms. The third kappa shape index (κ3) is 4.84. The van der Waals surface area contributed by atoms with Crippen LogP contribution in [0.2, 0.25) is 0 Å². The van der Waals surface area contributed by atoms with Crippen molar-refractivity contribution in [3.63, 3.8) is 0 Å². The van der Waals surface area contributed by atoms with Crippen LogP contribution >= 0.6 is 15.9 Å². The zero-order chi connectivity index (χ0) is 21.2. The van der Waals surface area contributed by atoms with Crippen LogP contribution in [0.5, 0.6) is 0 Å².